The Labute approximate surface area is 81.9 Å². The van der Waals surface area contributed by atoms with Gasteiger partial charge in [0.1, 0.15) is 0 Å². The van der Waals surface area contributed by atoms with Gasteiger partial charge in [-0.1, -0.05) is 6.92 Å². The first-order chi connectivity index (χ1) is 5.99. The van der Waals surface area contributed by atoms with Crippen LogP contribution >= 0.6 is 11.6 Å². The van der Waals surface area contributed by atoms with Crippen molar-refractivity contribution in [3.63, 3.8) is 0 Å². The highest BCUT2D eigenvalue weighted by Crippen LogP contribution is 2.21. The van der Waals surface area contributed by atoms with Crippen LogP contribution in [0, 0.1) is 0 Å². The molecule has 0 bridgehead atoms. The second-order valence-corrected chi connectivity index (χ2v) is 3.22. The Hall–Kier alpha value is 0.0400. The van der Waals surface area contributed by atoms with E-state index in [1.165, 1.54) is 0 Å². The van der Waals surface area contributed by atoms with Gasteiger partial charge in [-0.05, 0) is 19.5 Å². The lowest BCUT2D eigenvalue weighted by atomic mass is 10.3. The van der Waals surface area contributed by atoms with Gasteiger partial charge >= 0.3 is 6.18 Å². The Morgan fingerprint density at radius 1 is 1.23 bits per heavy atom. The smallest absolute Gasteiger partial charge is 0.302 e. The summed E-state index contributed by atoms with van der Waals surface area (Å²) in [6.45, 7) is 3.81. The number of halogens is 4. The van der Waals surface area contributed by atoms with E-state index in [1.807, 2.05) is 11.8 Å². The van der Waals surface area contributed by atoms with Crippen LogP contribution in [0.15, 0.2) is 0 Å². The minimum atomic E-state index is -4.03. The molecule has 0 rings (SSSR count). The first kappa shape index (κ1) is 13.0. The predicted octanol–water partition coefficient (Wildman–Crippen LogP) is 2.89. The summed E-state index contributed by atoms with van der Waals surface area (Å²) in [5, 5.41) is 0. The van der Waals surface area contributed by atoms with E-state index in [0.29, 0.717) is 19.0 Å². The summed E-state index contributed by atoms with van der Waals surface area (Å²) < 4.78 is 35.3. The van der Waals surface area contributed by atoms with Gasteiger partial charge in [0.25, 0.3) is 0 Å². The van der Waals surface area contributed by atoms with Crippen LogP contribution in [0.2, 0.25) is 0 Å². The zero-order valence-corrected chi connectivity index (χ0v) is 8.46. The summed E-state index contributed by atoms with van der Waals surface area (Å²) >= 11 is 5.48. The number of rotatable bonds is 6. The molecular formula is C8H15ClF3N. The van der Waals surface area contributed by atoms with Crippen molar-refractivity contribution in [2.45, 2.75) is 25.9 Å². The van der Waals surface area contributed by atoms with Gasteiger partial charge in [0.15, 0.2) is 0 Å². The van der Waals surface area contributed by atoms with E-state index in [-0.39, 0.29) is 6.42 Å². The van der Waals surface area contributed by atoms with Gasteiger partial charge in [0, 0.05) is 18.8 Å². The molecule has 0 spiro atoms. The second-order valence-electron chi connectivity index (χ2n) is 2.84. The number of nitrogens with zero attached hydrogens (tertiary/aromatic N) is 1. The molecule has 0 saturated carbocycles. The molecule has 0 fully saturated rings. The Morgan fingerprint density at radius 3 is 2.23 bits per heavy atom. The molecule has 0 aromatic carbocycles. The quantitative estimate of drug-likeness (QED) is 0.619. The molecule has 0 aromatic heterocycles. The molecule has 0 amide bonds. The molecule has 0 N–H and O–H groups in total. The lowest BCUT2D eigenvalue weighted by Crippen LogP contribution is -2.27. The van der Waals surface area contributed by atoms with Crippen LogP contribution in [-0.4, -0.2) is 36.6 Å². The predicted molar refractivity (Wildman–Crippen MR) is 48.1 cm³/mol. The molecule has 80 valence electrons. The summed E-state index contributed by atoms with van der Waals surface area (Å²) in [5.41, 5.74) is 0. The molecule has 0 unspecified atom stereocenters. The van der Waals surface area contributed by atoms with E-state index in [1.54, 1.807) is 0 Å². The SMILES string of the molecule is CCN(CCCl)CCCC(F)(F)F. The van der Waals surface area contributed by atoms with Gasteiger partial charge < -0.3 is 4.90 Å². The third-order valence-corrected chi connectivity index (χ3v) is 1.95. The zero-order chi connectivity index (χ0) is 10.3. The van der Waals surface area contributed by atoms with Gasteiger partial charge in [0.05, 0.1) is 0 Å². The number of hydrogen-bond acceptors (Lipinski definition) is 1. The molecule has 0 radical (unpaired) electrons. The summed E-state index contributed by atoms with van der Waals surface area (Å²) in [7, 11) is 0. The maximum Gasteiger partial charge on any atom is 0.389 e. The van der Waals surface area contributed by atoms with Crippen molar-refractivity contribution in [2.24, 2.45) is 0 Å². The molecule has 5 heteroatoms. The molecule has 13 heavy (non-hydrogen) atoms. The van der Waals surface area contributed by atoms with Crippen LogP contribution in [0.1, 0.15) is 19.8 Å². The van der Waals surface area contributed by atoms with Gasteiger partial charge in [-0.15, -0.1) is 11.6 Å². The Morgan fingerprint density at radius 2 is 1.85 bits per heavy atom. The normalized spacial score (nSPS) is 12.5. The molecule has 0 aromatic rings. The fourth-order valence-electron chi connectivity index (χ4n) is 1.05. The molecular weight excluding hydrogens is 203 g/mol. The molecule has 1 nitrogen and oxygen atoms in total. The van der Waals surface area contributed by atoms with E-state index in [9.17, 15) is 13.2 Å². The van der Waals surface area contributed by atoms with Gasteiger partial charge in [-0.25, -0.2) is 0 Å². The van der Waals surface area contributed by atoms with Crippen LogP contribution in [0.3, 0.4) is 0 Å². The van der Waals surface area contributed by atoms with Crippen LogP contribution in [-0.2, 0) is 0 Å². The van der Waals surface area contributed by atoms with Crippen LogP contribution in [0.5, 0.6) is 0 Å². The lowest BCUT2D eigenvalue weighted by molar-refractivity contribution is -0.136. The van der Waals surface area contributed by atoms with Crippen molar-refractivity contribution in [3.05, 3.63) is 0 Å². The van der Waals surface area contributed by atoms with E-state index >= 15 is 0 Å². The Kier molecular flexibility index (Phi) is 6.51. The van der Waals surface area contributed by atoms with Crippen LogP contribution in [0.25, 0.3) is 0 Å². The van der Waals surface area contributed by atoms with Crippen molar-refractivity contribution >= 4 is 11.6 Å². The lowest BCUT2D eigenvalue weighted by Gasteiger charge is -2.18. The third kappa shape index (κ3) is 8.37. The first-order valence-electron chi connectivity index (χ1n) is 4.34. The molecule has 0 saturated heterocycles. The largest absolute Gasteiger partial charge is 0.389 e. The summed E-state index contributed by atoms with van der Waals surface area (Å²) in [5.74, 6) is 0.472. The molecule has 0 aliphatic carbocycles. The highest BCUT2D eigenvalue weighted by molar-refractivity contribution is 6.18. The van der Waals surface area contributed by atoms with E-state index in [0.717, 1.165) is 6.54 Å². The summed E-state index contributed by atoms with van der Waals surface area (Å²) in [4.78, 5) is 1.92. The highest BCUT2D eigenvalue weighted by atomic mass is 35.5. The fraction of sp³-hybridized carbons (Fsp3) is 1.00. The molecule has 0 heterocycles. The van der Waals surface area contributed by atoms with E-state index in [2.05, 4.69) is 0 Å². The fourth-order valence-corrected chi connectivity index (χ4v) is 1.29. The van der Waals surface area contributed by atoms with Gasteiger partial charge in [0.2, 0.25) is 0 Å². The standard InChI is InChI=1S/C8H15ClF3N/c1-2-13(7-5-9)6-3-4-8(10,11)12/h2-7H2,1H3. The monoisotopic (exact) mass is 217 g/mol. The topological polar surface area (TPSA) is 3.24 Å². The second kappa shape index (κ2) is 6.49. The van der Waals surface area contributed by atoms with Gasteiger partial charge in [-0.2, -0.15) is 13.2 Å². The first-order valence-corrected chi connectivity index (χ1v) is 4.88. The Bertz CT molecular complexity index is 127. The Balaban J connectivity index is 3.49. The number of alkyl halides is 4. The third-order valence-electron chi connectivity index (χ3n) is 1.78. The minimum Gasteiger partial charge on any atom is -0.302 e. The van der Waals surface area contributed by atoms with Crippen molar-refractivity contribution in [2.75, 3.05) is 25.5 Å². The maximum absolute atomic E-state index is 11.8. The average molecular weight is 218 g/mol. The number of hydrogen-bond donors (Lipinski definition) is 0. The average Bonchev–Trinajstić information content (AvgIpc) is 2.01. The van der Waals surface area contributed by atoms with Gasteiger partial charge in [-0.3, -0.25) is 0 Å². The van der Waals surface area contributed by atoms with E-state index in [4.69, 9.17) is 11.6 Å². The van der Waals surface area contributed by atoms with Crippen molar-refractivity contribution < 1.29 is 13.2 Å². The van der Waals surface area contributed by atoms with E-state index < -0.39 is 12.6 Å². The van der Waals surface area contributed by atoms with Crippen LogP contribution in [0.4, 0.5) is 13.2 Å². The molecule has 0 aliphatic heterocycles. The summed E-state index contributed by atoms with van der Waals surface area (Å²) in [6.07, 6.45) is -4.57. The molecule has 0 aliphatic rings. The zero-order valence-electron chi connectivity index (χ0n) is 7.70. The van der Waals surface area contributed by atoms with Crippen molar-refractivity contribution in [1.82, 2.24) is 4.90 Å². The summed E-state index contributed by atoms with van der Waals surface area (Å²) in [6, 6.07) is 0. The molecule has 0 atom stereocenters. The minimum absolute atomic E-state index is 0.161. The van der Waals surface area contributed by atoms with Crippen molar-refractivity contribution in [1.29, 1.82) is 0 Å². The maximum atomic E-state index is 11.8. The van der Waals surface area contributed by atoms with Crippen LogP contribution < -0.4 is 0 Å². The van der Waals surface area contributed by atoms with Crippen molar-refractivity contribution in [3.8, 4) is 0 Å². The highest BCUT2D eigenvalue weighted by Gasteiger charge is 2.26.